The van der Waals surface area contributed by atoms with E-state index in [9.17, 15) is 0 Å². The van der Waals surface area contributed by atoms with E-state index in [4.69, 9.17) is 20.1 Å². The zero-order valence-corrected chi connectivity index (χ0v) is 12.4. The third-order valence-corrected chi connectivity index (χ3v) is 4.05. The van der Waals surface area contributed by atoms with E-state index >= 15 is 0 Å². The van der Waals surface area contributed by atoms with Crippen LogP contribution in [-0.4, -0.2) is 26.9 Å². The van der Waals surface area contributed by atoms with E-state index in [0.717, 1.165) is 36.5 Å². The van der Waals surface area contributed by atoms with Crippen LogP contribution in [0.15, 0.2) is 18.2 Å². The van der Waals surface area contributed by atoms with Gasteiger partial charge in [-0.1, -0.05) is 13.0 Å². The van der Waals surface area contributed by atoms with Gasteiger partial charge in [0.05, 0.1) is 26.4 Å². The molecule has 5 heteroatoms. The van der Waals surface area contributed by atoms with Gasteiger partial charge < -0.3 is 14.2 Å². The van der Waals surface area contributed by atoms with E-state index in [2.05, 4.69) is 12.3 Å². The third-order valence-electron chi connectivity index (χ3n) is 4.05. The van der Waals surface area contributed by atoms with Gasteiger partial charge in [0, 0.05) is 24.2 Å². The molecule has 1 aliphatic rings. The number of rotatable bonds is 6. The van der Waals surface area contributed by atoms with Crippen LogP contribution in [0.4, 0.5) is 0 Å². The molecule has 3 N–H and O–H groups in total. The summed E-state index contributed by atoms with van der Waals surface area (Å²) in [7, 11) is 3.30. The second kappa shape index (κ2) is 6.92. The van der Waals surface area contributed by atoms with Crippen LogP contribution in [0.1, 0.15) is 31.4 Å². The lowest BCUT2D eigenvalue weighted by molar-refractivity contribution is 0.0771. The zero-order valence-electron chi connectivity index (χ0n) is 12.4. The number of ether oxygens (including phenoxy) is 3. The van der Waals surface area contributed by atoms with Crippen molar-refractivity contribution in [3.63, 3.8) is 0 Å². The monoisotopic (exact) mass is 280 g/mol. The molecule has 20 heavy (non-hydrogen) atoms. The minimum Gasteiger partial charge on any atom is -0.497 e. The van der Waals surface area contributed by atoms with Crippen molar-refractivity contribution in [2.75, 3.05) is 20.8 Å². The van der Waals surface area contributed by atoms with Gasteiger partial charge in [-0.25, -0.2) is 0 Å². The quantitative estimate of drug-likeness (QED) is 0.616. The van der Waals surface area contributed by atoms with Gasteiger partial charge in [-0.15, -0.1) is 0 Å². The maximum Gasteiger partial charge on any atom is 0.127 e. The Morgan fingerprint density at radius 2 is 2.20 bits per heavy atom. The molecule has 3 atom stereocenters. The summed E-state index contributed by atoms with van der Waals surface area (Å²) in [4.78, 5) is 0. The van der Waals surface area contributed by atoms with E-state index in [0.29, 0.717) is 5.92 Å². The summed E-state index contributed by atoms with van der Waals surface area (Å²) < 4.78 is 16.5. The maximum atomic E-state index is 5.80. The van der Waals surface area contributed by atoms with Crippen LogP contribution in [0.25, 0.3) is 0 Å². The first-order chi connectivity index (χ1) is 9.74. The van der Waals surface area contributed by atoms with Gasteiger partial charge in [-0.2, -0.15) is 0 Å². The Balaban J connectivity index is 2.31. The molecule has 0 amide bonds. The SMILES string of the molecule is CCC1OCCC1C(NN)c1ccc(OC)cc1OC. The molecule has 0 bridgehead atoms. The van der Waals surface area contributed by atoms with Gasteiger partial charge in [0.15, 0.2) is 0 Å². The number of nitrogens with two attached hydrogens (primary N) is 1. The summed E-state index contributed by atoms with van der Waals surface area (Å²) in [6, 6.07) is 5.84. The summed E-state index contributed by atoms with van der Waals surface area (Å²) in [5, 5.41) is 0. The van der Waals surface area contributed by atoms with Crippen molar-refractivity contribution in [1.82, 2.24) is 5.43 Å². The highest BCUT2D eigenvalue weighted by atomic mass is 16.5. The molecule has 2 rings (SSSR count). The molecule has 0 aromatic heterocycles. The summed E-state index contributed by atoms with van der Waals surface area (Å²) in [6.07, 6.45) is 2.23. The number of hydrogen-bond donors (Lipinski definition) is 2. The van der Waals surface area contributed by atoms with Gasteiger partial charge in [0.2, 0.25) is 0 Å². The summed E-state index contributed by atoms with van der Waals surface area (Å²) in [5.74, 6) is 7.72. The minimum atomic E-state index is 0.0170. The Morgan fingerprint density at radius 1 is 1.40 bits per heavy atom. The molecule has 0 saturated carbocycles. The topological polar surface area (TPSA) is 65.7 Å². The van der Waals surface area contributed by atoms with E-state index < -0.39 is 0 Å². The Bertz CT molecular complexity index is 439. The first-order valence-corrected chi connectivity index (χ1v) is 7.04. The Hall–Kier alpha value is -1.30. The molecule has 5 nitrogen and oxygen atoms in total. The molecule has 112 valence electrons. The first-order valence-electron chi connectivity index (χ1n) is 7.04. The molecule has 1 aromatic carbocycles. The maximum absolute atomic E-state index is 5.80. The number of hydrogen-bond acceptors (Lipinski definition) is 5. The Labute approximate surface area is 120 Å². The molecular weight excluding hydrogens is 256 g/mol. The van der Waals surface area contributed by atoms with E-state index in [1.807, 2.05) is 18.2 Å². The zero-order chi connectivity index (χ0) is 14.5. The van der Waals surface area contributed by atoms with Crippen LogP contribution in [0.5, 0.6) is 11.5 Å². The van der Waals surface area contributed by atoms with Crippen molar-refractivity contribution in [2.45, 2.75) is 31.9 Å². The van der Waals surface area contributed by atoms with Crippen LogP contribution in [0.2, 0.25) is 0 Å². The van der Waals surface area contributed by atoms with Gasteiger partial charge in [-0.3, -0.25) is 11.3 Å². The number of benzene rings is 1. The van der Waals surface area contributed by atoms with Crippen molar-refractivity contribution in [3.8, 4) is 11.5 Å². The molecule has 1 aromatic rings. The molecule has 1 heterocycles. The first kappa shape index (κ1) is 15.1. The highest BCUT2D eigenvalue weighted by Crippen LogP contribution is 2.39. The van der Waals surface area contributed by atoms with Crippen LogP contribution in [-0.2, 0) is 4.74 Å². The second-order valence-corrected chi connectivity index (χ2v) is 5.02. The molecule has 0 aliphatic carbocycles. The fourth-order valence-corrected chi connectivity index (χ4v) is 2.99. The summed E-state index contributed by atoms with van der Waals surface area (Å²) in [6.45, 7) is 2.93. The van der Waals surface area contributed by atoms with Crippen LogP contribution in [0, 0.1) is 5.92 Å². The van der Waals surface area contributed by atoms with Crippen molar-refractivity contribution in [1.29, 1.82) is 0 Å². The fourth-order valence-electron chi connectivity index (χ4n) is 2.99. The Morgan fingerprint density at radius 3 is 2.80 bits per heavy atom. The number of hydrazine groups is 1. The lowest BCUT2D eigenvalue weighted by Crippen LogP contribution is -2.37. The number of nitrogens with one attached hydrogen (secondary N) is 1. The van der Waals surface area contributed by atoms with E-state index in [1.54, 1.807) is 14.2 Å². The average molecular weight is 280 g/mol. The minimum absolute atomic E-state index is 0.0170. The molecule has 1 fully saturated rings. The largest absolute Gasteiger partial charge is 0.497 e. The van der Waals surface area contributed by atoms with Gasteiger partial charge in [-0.05, 0) is 18.9 Å². The molecule has 1 saturated heterocycles. The van der Waals surface area contributed by atoms with Crippen molar-refractivity contribution < 1.29 is 14.2 Å². The molecule has 1 aliphatic heterocycles. The van der Waals surface area contributed by atoms with Gasteiger partial charge >= 0.3 is 0 Å². The molecule has 0 radical (unpaired) electrons. The van der Waals surface area contributed by atoms with E-state index in [1.165, 1.54) is 0 Å². The lowest BCUT2D eigenvalue weighted by Gasteiger charge is -2.28. The standard InChI is InChI=1S/C15H24N2O3/c1-4-13-12(7-8-20-13)15(17-16)11-6-5-10(18-2)9-14(11)19-3/h5-6,9,12-13,15,17H,4,7-8,16H2,1-3H3. The highest BCUT2D eigenvalue weighted by molar-refractivity contribution is 5.43. The Kier molecular flexibility index (Phi) is 5.23. The molecule has 0 spiro atoms. The summed E-state index contributed by atoms with van der Waals surface area (Å²) >= 11 is 0. The average Bonchev–Trinajstić information content (AvgIpc) is 2.96. The third kappa shape index (κ3) is 2.90. The predicted octanol–water partition coefficient (Wildman–Crippen LogP) is 2.02. The normalized spacial score (nSPS) is 23.6. The highest BCUT2D eigenvalue weighted by Gasteiger charge is 2.35. The fraction of sp³-hybridized carbons (Fsp3) is 0.600. The molecular formula is C15H24N2O3. The summed E-state index contributed by atoms with van der Waals surface area (Å²) in [5.41, 5.74) is 3.98. The van der Waals surface area contributed by atoms with Crippen molar-refractivity contribution >= 4 is 0 Å². The van der Waals surface area contributed by atoms with E-state index in [-0.39, 0.29) is 12.1 Å². The number of methoxy groups -OCH3 is 2. The smallest absolute Gasteiger partial charge is 0.127 e. The second-order valence-electron chi connectivity index (χ2n) is 5.02. The van der Waals surface area contributed by atoms with Crippen LogP contribution < -0.4 is 20.7 Å². The van der Waals surface area contributed by atoms with Gasteiger partial charge in [0.25, 0.3) is 0 Å². The molecule has 3 unspecified atom stereocenters. The van der Waals surface area contributed by atoms with Crippen LogP contribution >= 0.6 is 0 Å². The van der Waals surface area contributed by atoms with Crippen LogP contribution in [0.3, 0.4) is 0 Å². The van der Waals surface area contributed by atoms with Crippen molar-refractivity contribution in [3.05, 3.63) is 23.8 Å². The lowest BCUT2D eigenvalue weighted by atomic mass is 9.86. The van der Waals surface area contributed by atoms with Crippen molar-refractivity contribution in [2.24, 2.45) is 11.8 Å². The predicted molar refractivity (Wildman–Crippen MR) is 77.7 cm³/mol. The van der Waals surface area contributed by atoms with Gasteiger partial charge in [0.1, 0.15) is 11.5 Å².